The highest BCUT2D eigenvalue weighted by Crippen LogP contribution is 2.36. The summed E-state index contributed by atoms with van der Waals surface area (Å²) in [5.41, 5.74) is 11.5. The first kappa shape index (κ1) is 37.8. The van der Waals surface area contributed by atoms with E-state index in [0.717, 1.165) is 129 Å². The van der Waals surface area contributed by atoms with E-state index in [9.17, 15) is 0 Å². The summed E-state index contributed by atoms with van der Waals surface area (Å²) < 4.78 is 34.8. The Hall–Kier alpha value is -5.13. The summed E-state index contributed by atoms with van der Waals surface area (Å²) in [6, 6.07) is 13.8. The third-order valence-electron chi connectivity index (χ3n) is 11.8. The Morgan fingerprint density at radius 1 is 0.821 bits per heavy atom. The summed E-state index contributed by atoms with van der Waals surface area (Å²) in [5, 5.41) is 11.2. The van der Waals surface area contributed by atoms with Crippen molar-refractivity contribution in [1.82, 2.24) is 39.4 Å². The van der Waals surface area contributed by atoms with Gasteiger partial charge < -0.3 is 20.1 Å². The number of piperazine rings is 1. The molecule has 2 fully saturated rings. The van der Waals surface area contributed by atoms with Gasteiger partial charge in [0.15, 0.2) is 0 Å². The molecule has 8 rings (SSSR count). The average Bonchev–Trinajstić information content (AvgIpc) is 3.71. The first-order valence-electron chi connectivity index (χ1n) is 20.1. The summed E-state index contributed by atoms with van der Waals surface area (Å²) >= 11 is 0. The molecule has 0 radical (unpaired) electrons. The van der Waals surface area contributed by atoms with Crippen molar-refractivity contribution in [2.75, 3.05) is 38.0 Å². The quantitative estimate of drug-likeness (QED) is 0.180. The van der Waals surface area contributed by atoms with Gasteiger partial charge >= 0.3 is 0 Å². The fourth-order valence-corrected chi connectivity index (χ4v) is 8.68. The lowest BCUT2D eigenvalue weighted by atomic mass is 9.86. The minimum Gasteiger partial charge on any atom is -0.363 e. The zero-order chi connectivity index (χ0) is 38.9. The van der Waals surface area contributed by atoms with Crippen LogP contribution >= 0.6 is 0 Å². The molecule has 292 valence electrons. The van der Waals surface area contributed by atoms with E-state index in [-0.39, 0.29) is 11.5 Å². The van der Waals surface area contributed by atoms with Gasteiger partial charge in [-0.2, -0.15) is 5.10 Å². The molecule has 3 aromatic heterocycles. The van der Waals surface area contributed by atoms with Gasteiger partial charge in [0.1, 0.15) is 11.6 Å². The molecule has 1 unspecified atom stereocenters. The Bertz CT molecular complexity index is 2270. The lowest BCUT2D eigenvalue weighted by Gasteiger charge is -2.34. The van der Waals surface area contributed by atoms with Crippen LogP contribution in [0.5, 0.6) is 0 Å². The van der Waals surface area contributed by atoms with Crippen LogP contribution in [0.4, 0.5) is 14.7 Å². The fourth-order valence-electron chi connectivity index (χ4n) is 8.68. The smallest absolute Gasteiger partial charge is 0.208 e. The molecule has 0 aliphatic carbocycles. The number of imidazole rings is 1. The Morgan fingerprint density at radius 2 is 1.59 bits per heavy atom. The summed E-state index contributed by atoms with van der Waals surface area (Å²) in [6.07, 6.45) is 9.21. The van der Waals surface area contributed by atoms with E-state index in [4.69, 9.17) is 9.97 Å². The molecule has 11 heteroatoms. The molecule has 0 saturated carbocycles. The van der Waals surface area contributed by atoms with Crippen molar-refractivity contribution < 1.29 is 8.78 Å². The lowest BCUT2D eigenvalue weighted by Crippen LogP contribution is -2.46. The van der Waals surface area contributed by atoms with E-state index in [1.807, 2.05) is 24.9 Å². The third-order valence-corrected chi connectivity index (χ3v) is 11.8. The molecular formula is C45H53F2N9. The second-order valence-electron chi connectivity index (χ2n) is 15.9. The van der Waals surface area contributed by atoms with Crippen LogP contribution in [0.25, 0.3) is 28.0 Å². The zero-order valence-electron chi connectivity index (χ0n) is 32.8. The maximum Gasteiger partial charge on any atom is 0.208 e. The van der Waals surface area contributed by atoms with Crippen LogP contribution in [-0.4, -0.2) is 66.8 Å². The summed E-state index contributed by atoms with van der Waals surface area (Å²) in [7, 11) is 2.02. The van der Waals surface area contributed by atoms with Gasteiger partial charge in [-0.25, -0.2) is 13.8 Å². The second kappa shape index (κ2) is 16.2. The van der Waals surface area contributed by atoms with Gasteiger partial charge in [0, 0.05) is 104 Å². The van der Waals surface area contributed by atoms with Crippen molar-refractivity contribution in [3.05, 3.63) is 125 Å². The largest absolute Gasteiger partial charge is 0.363 e. The highest BCUT2D eigenvalue weighted by atomic mass is 19.1. The topological polar surface area (TPSA) is 79.1 Å². The molecule has 6 heterocycles. The molecule has 3 aliphatic heterocycles. The Kier molecular flexibility index (Phi) is 10.9. The number of halogens is 2. The van der Waals surface area contributed by atoms with Crippen LogP contribution in [0.2, 0.25) is 0 Å². The number of hydrogen-bond donors (Lipinski definition) is 2. The number of aromatic nitrogens is 5. The normalized spacial score (nSPS) is 18.9. The molecule has 2 aromatic carbocycles. The van der Waals surface area contributed by atoms with Crippen molar-refractivity contribution in [3.63, 3.8) is 0 Å². The molecule has 1 atom stereocenters. The number of nitrogens with zero attached hydrogens (tertiary/aromatic N) is 7. The molecule has 2 saturated heterocycles. The van der Waals surface area contributed by atoms with Gasteiger partial charge in [0.2, 0.25) is 5.95 Å². The van der Waals surface area contributed by atoms with Gasteiger partial charge in [0.25, 0.3) is 0 Å². The number of benzene rings is 2. The monoisotopic (exact) mass is 757 g/mol. The molecule has 56 heavy (non-hydrogen) atoms. The predicted molar refractivity (Wildman–Crippen MR) is 221 cm³/mol. The van der Waals surface area contributed by atoms with E-state index < -0.39 is 11.6 Å². The summed E-state index contributed by atoms with van der Waals surface area (Å²) in [4.78, 5) is 14.8. The number of rotatable bonds is 6. The van der Waals surface area contributed by atoms with Crippen molar-refractivity contribution in [2.45, 2.75) is 77.3 Å². The van der Waals surface area contributed by atoms with E-state index in [0.29, 0.717) is 30.5 Å². The van der Waals surface area contributed by atoms with Crippen molar-refractivity contribution in [1.29, 1.82) is 0 Å². The molecule has 0 amide bonds. The number of hydrogen-bond acceptors (Lipinski definition) is 7. The minimum atomic E-state index is -0.487. The summed E-state index contributed by atoms with van der Waals surface area (Å²) in [6.45, 7) is 20.6. The number of piperidine rings is 1. The lowest BCUT2D eigenvalue weighted by molar-refractivity contribution is 0.128. The van der Waals surface area contributed by atoms with Crippen molar-refractivity contribution in [3.8, 4) is 11.3 Å². The van der Waals surface area contributed by atoms with E-state index in [2.05, 4.69) is 80.2 Å². The van der Waals surface area contributed by atoms with Crippen LogP contribution in [0, 0.1) is 18.6 Å². The van der Waals surface area contributed by atoms with Crippen molar-refractivity contribution >= 4 is 22.7 Å². The second-order valence-corrected chi connectivity index (χ2v) is 15.9. The molecule has 9 nitrogen and oxygen atoms in total. The molecule has 2 bridgehead atoms. The van der Waals surface area contributed by atoms with E-state index in [1.54, 1.807) is 0 Å². The molecule has 0 spiro atoms. The van der Waals surface area contributed by atoms with Gasteiger partial charge in [0.05, 0.1) is 22.9 Å². The predicted octanol–water partition coefficient (Wildman–Crippen LogP) is 8.47. The van der Waals surface area contributed by atoms with Gasteiger partial charge in [-0.05, 0) is 93.0 Å². The first-order valence-corrected chi connectivity index (χ1v) is 20.1. The van der Waals surface area contributed by atoms with Gasteiger partial charge in [-0.3, -0.25) is 14.6 Å². The number of allylic oxidation sites excluding steroid dienone is 2. The highest BCUT2D eigenvalue weighted by Gasteiger charge is 2.27. The zero-order valence-corrected chi connectivity index (χ0v) is 32.8. The molecular weight excluding hydrogens is 705 g/mol. The highest BCUT2D eigenvalue weighted by molar-refractivity contribution is 5.83. The minimum absolute atomic E-state index is 0.112. The fraction of sp³-hybridized carbons (Fsp3) is 0.400. The van der Waals surface area contributed by atoms with Crippen LogP contribution in [0.3, 0.4) is 0 Å². The molecule has 5 aromatic rings. The summed E-state index contributed by atoms with van der Waals surface area (Å²) in [5.74, 6) is -0.553. The van der Waals surface area contributed by atoms with Crippen LogP contribution in [-0.2, 0) is 33.0 Å². The number of anilines is 1. The van der Waals surface area contributed by atoms with Crippen LogP contribution in [0.1, 0.15) is 78.1 Å². The number of nitrogens with one attached hydrogen (secondary N) is 2. The Labute approximate surface area is 328 Å². The van der Waals surface area contributed by atoms with Gasteiger partial charge in [-0.15, -0.1) is 0 Å². The maximum absolute atomic E-state index is 15.2. The maximum atomic E-state index is 15.2. The van der Waals surface area contributed by atoms with Crippen LogP contribution < -0.4 is 10.6 Å². The Morgan fingerprint density at radius 3 is 2.38 bits per heavy atom. The Balaban J connectivity index is 0.919. The SMILES string of the molecule is C=C1CCC(c2c(F)cc(CCN3CCN(Cc4ccc5nc6n(c5c4)CCCCCCc4c(cnn4C)-c4cc(cc(C)n4)C(=C)N6)CC3)cc2F)C(=C)N1. The number of pyridine rings is 1. The van der Waals surface area contributed by atoms with Crippen molar-refractivity contribution in [2.24, 2.45) is 7.05 Å². The first-order chi connectivity index (χ1) is 27.1. The number of fused-ring (bicyclic) bond motifs is 7. The average molecular weight is 758 g/mol. The third kappa shape index (κ3) is 8.06. The van der Waals surface area contributed by atoms with Crippen LogP contribution in [0.15, 0.2) is 79.8 Å². The molecule has 3 aliphatic rings. The van der Waals surface area contributed by atoms with E-state index >= 15 is 8.78 Å². The van der Waals surface area contributed by atoms with E-state index in [1.165, 1.54) is 23.4 Å². The standard InChI is InChI=1S/C45H53F2N9/c1-29-11-13-36(32(4)49-29)44-38(46)23-33(24-39(44)47)15-17-54-18-20-55(21-19-54)28-34-12-14-40-43(25-34)56-16-9-7-6-8-10-42-37(27-48-53(42)5)41-26-35(22-30(2)50-41)31(3)51-45(56)52-40/h12,14,22-27,36,49H,1,3-4,6-11,13,15-21,28H2,2,5H3,(H,51,52). The van der Waals surface area contributed by atoms with Gasteiger partial charge in [-0.1, -0.05) is 38.6 Å². The number of aryl methyl sites for hydroxylation is 3. The molecule has 2 N–H and O–H groups in total.